The Labute approximate surface area is 110 Å². The third kappa shape index (κ3) is 3.03. The standard InChI is InChI=1S/C15H24N2O/c1-2-17-9-7-13(8-10-17)15(11-16)12-3-5-14(18)6-4-12/h3-6,13,15,18H,2,7-11,16H2,1H3. The summed E-state index contributed by atoms with van der Waals surface area (Å²) in [5.41, 5.74) is 7.23. The minimum Gasteiger partial charge on any atom is -0.508 e. The Kier molecular flexibility index (Phi) is 4.61. The van der Waals surface area contributed by atoms with Gasteiger partial charge in [0.25, 0.3) is 0 Å². The smallest absolute Gasteiger partial charge is 0.115 e. The number of likely N-dealkylation sites (tertiary alicyclic amines) is 1. The first-order chi connectivity index (χ1) is 8.74. The van der Waals surface area contributed by atoms with E-state index in [4.69, 9.17) is 5.73 Å². The van der Waals surface area contributed by atoms with E-state index >= 15 is 0 Å². The molecule has 0 bridgehead atoms. The Hall–Kier alpha value is -1.06. The van der Waals surface area contributed by atoms with Gasteiger partial charge in [-0.05, 0) is 68.6 Å². The zero-order chi connectivity index (χ0) is 13.0. The van der Waals surface area contributed by atoms with Gasteiger partial charge in [0.15, 0.2) is 0 Å². The molecule has 2 rings (SSSR count). The normalized spacial score (nSPS) is 19.9. The molecule has 3 heteroatoms. The van der Waals surface area contributed by atoms with E-state index in [-0.39, 0.29) is 0 Å². The van der Waals surface area contributed by atoms with Gasteiger partial charge in [-0.3, -0.25) is 0 Å². The number of nitrogens with two attached hydrogens (primary N) is 1. The topological polar surface area (TPSA) is 49.5 Å². The van der Waals surface area contributed by atoms with Gasteiger partial charge in [0.05, 0.1) is 0 Å². The lowest BCUT2D eigenvalue weighted by Crippen LogP contribution is -2.36. The average Bonchev–Trinajstić information content (AvgIpc) is 2.42. The summed E-state index contributed by atoms with van der Waals surface area (Å²) in [4.78, 5) is 2.50. The monoisotopic (exact) mass is 248 g/mol. The van der Waals surface area contributed by atoms with Crippen molar-refractivity contribution in [1.82, 2.24) is 4.90 Å². The molecule has 1 aromatic rings. The summed E-state index contributed by atoms with van der Waals surface area (Å²) in [6.45, 7) is 6.45. The van der Waals surface area contributed by atoms with Crippen molar-refractivity contribution in [2.24, 2.45) is 11.7 Å². The van der Waals surface area contributed by atoms with Crippen LogP contribution in [0.5, 0.6) is 5.75 Å². The number of benzene rings is 1. The van der Waals surface area contributed by atoms with Crippen LogP contribution in [0.3, 0.4) is 0 Å². The van der Waals surface area contributed by atoms with E-state index < -0.39 is 0 Å². The number of piperidine rings is 1. The van der Waals surface area contributed by atoms with Crippen molar-refractivity contribution in [2.45, 2.75) is 25.7 Å². The molecule has 100 valence electrons. The third-order valence-corrected chi connectivity index (χ3v) is 4.22. The van der Waals surface area contributed by atoms with E-state index in [0.29, 0.717) is 24.1 Å². The van der Waals surface area contributed by atoms with Gasteiger partial charge in [0.1, 0.15) is 5.75 Å². The van der Waals surface area contributed by atoms with Crippen LogP contribution in [0.4, 0.5) is 0 Å². The highest BCUT2D eigenvalue weighted by Gasteiger charge is 2.26. The second-order valence-electron chi connectivity index (χ2n) is 5.21. The van der Waals surface area contributed by atoms with Gasteiger partial charge in [-0.1, -0.05) is 19.1 Å². The van der Waals surface area contributed by atoms with Crippen LogP contribution in [0.2, 0.25) is 0 Å². The summed E-state index contributed by atoms with van der Waals surface area (Å²) in [5.74, 6) is 1.45. The molecule has 0 aliphatic carbocycles. The van der Waals surface area contributed by atoms with Crippen LogP contribution in [0, 0.1) is 5.92 Å². The van der Waals surface area contributed by atoms with Crippen molar-refractivity contribution in [1.29, 1.82) is 0 Å². The summed E-state index contributed by atoms with van der Waals surface area (Å²) >= 11 is 0. The molecule has 1 saturated heterocycles. The molecule has 1 atom stereocenters. The van der Waals surface area contributed by atoms with Gasteiger partial charge in [0.2, 0.25) is 0 Å². The van der Waals surface area contributed by atoms with Gasteiger partial charge in [0, 0.05) is 0 Å². The minimum atomic E-state index is 0.329. The fourth-order valence-electron chi connectivity index (χ4n) is 2.99. The second-order valence-corrected chi connectivity index (χ2v) is 5.21. The minimum absolute atomic E-state index is 0.329. The first-order valence-electron chi connectivity index (χ1n) is 6.96. The van der Waals surface area contributed by atoms with Gasteiger partial charge in [-0.15, -0.1) is 0 Å². The molecular formula is C15H24N2O. The second kappa shape index (κ2) is 6.21. The molecule has 1 fully saturated rings. The molecular weight excluding hydrogens is 224 g/mol. The van der Waals surface area contributed by atoms with Crippen LogP contribution < -0.4 is 5.73 Å². The predicted molar refractivity (Wildman–Crippen MR) is 74.7 cm³/mol. The SMILES string of the molecule is CCN1CCC(C(CN)c2ccc(O)cc2)CC1. The molecule has 3 nitrogen and oxygen atoms in total. The Morgan fingerprint density at radius 1 is 1.28 bits per heavy atom. The van der Waals surface area contributed by atoms with Crippen LogP contribution in [0.1, 0.15) is 31.2 Å². The summed E-state index contributed by atoms with van der Waals surface area (Å²) in [5, 5.41) is 9.35. The van der Waals surface area contributed by atoms with Gasteiger partial charge >= 0.3 is 0 Å². The Morgan fingerprint density at radius 2 is 1.89 bits per heavy atom. The number of phenolic OH excluding ortho intramolecular Hbond substituents is 1. The third-order valence-electron chi connectivity index (χ3n) is 4.22. The molecule has 0 aromatic heterocycles. The predicted octanol–water partition coefficient (Wildman–Crippen LogP) is 2.17. The molecule has 3 N–H and O–H groups in total. The Bertz CT molecular complexity index is 355. The number of hydrogen-bond acceptors (Lipinski definition) is 3. The Balaban J connectivity index is 2.03. The fraction of sp³-hybridized carbons (Fsp3) is 0.600. The van der Waals surface area contributed by atoms with Crippen LogP contribution in [0.15, 0.2) is 24.3 Å². The highest BCUT2D eigenvalue weighted by Crippen LogP contribution is 2.32. The molecule has 0 amide bonds. The van der Waals surface area contributed by atoms with E-state index in [1.54, 1.807) is 12.1 Å². The highest BCUT2D eigenvalue weighted by molar-refractivity contribution is 5.29. The van der Waals surface area contributed by atoms with E-state index in [9.17, 15) is 5.11 Å². The van der Waals surface area contributed by atoms with E-state index in [0.717, 1.165) is 6.54 Å². The first-order valence-corrected chi connectivity index (χ1v) is 6.96. The first kappa shape index (κ1) is 13.4. The van der Waals surface area contributed by atoms with Crippen LogP contribution in [-0.4, -0.2) is 36.2 Å². The molecule has 1 aliphatic rings. The quantitative estimate of drug-likeness (QED) is 0.858. The molecule has 1 aromatic carbocycles. The number of hydrogen-bond donors (Lipinski definition) is 2. The summed E-state index contributed by atoms with van der Waals surface area (Å²) in [6, 6.07) is 7.55. The number of nitrogens with zero attached hydrogens (tertiary/aromatic N) is 1. The number of phenols is 1. The summed E-state index contributed by atoms with van der Waals surface area (Å²) in [7, 11) is 0. The number of rotatable bonds is 4. The highest BCUT2D eigenvalue weighted by atomic mass is 16.3. The summed E-state index contributed by atoms with van der Waals surface area (Å²) in [6.07, 6.45) is 2.47. The van der Waals surface area contributed by atoms with E-state index in [2.05, 4.69) is 11.8 Å². The maximum absolute atomic E-state index is 9.35. The number of aromatic hydroxyl groups is 1. The van der Waals surface area contributed by atoms with Crippen molar-refractivity contribution in [3.8, 4) is 5.75 Å². The maximum atomic E-state index is 9.35. The van der Waals surface area contributed by atoms with Gasteiger partial charge in [-0.2, -0.15) is 0 Å². The average molecular weight is 248 g/mol. The molecule has 1 unspecified atom stereocenters. The lowest BCUT2D eigenvalue weighted by atomic mass is 9.80. The lowest BCUT2D eigenvalue weighted by molar-refractivity contribution is 0.176. The molecule has 0 saturated carbocycles. The van der Waals surface area contributed by atoms with E-state index in [1.165, 1.54) is 31.5 Å². The maximum Gasteiger partial charge on any atom is 0.115 e. The molecule has 0 radical (unpaired) electrons. The molecule has 18 heavy (non-hydrogen) atoms. The zero-order valence-corrected chi connectivity index (χ0v) is 11.2. The zero-order valence-electron chi connectivity index (χ0n) is 11.2. The van der Waals surface area contributed by atoms with Crippen molar-refractivity contribution in [2.75, 3.05) is 26.2 Å². The largest absolute Gasteiger partial charge is 0.508 e. The van der Waals surface area contributed by atoms with Crippen molar-refractivity contribution >= 4 is 0 Å². The fourth-order valence-corrected chi connectivity index (χ4v) is 2.99. The van der Waals surface area contributed by atoms with Crippen molar-refractivity contribution < 1.29 is 5.11 Å². The lowest BCUT2D eigenvalue weighted by Gasteiger charge is -2.35. The van der Waals surface area contributed by atoms with Gasteiger partial charge in [-0.25, -0.2) is 0 Å². The van der Waals surface area contributed by atoms with Crippen molar-refractivity contribution in [3.05, 3.63) is 29.8 Å². The van der Waals surface area contributed by atoms with Crippen molar-refractivity contribution in [3.63, 3.8) is 0 Å². The Morgan fingerprint density at radius 3 is 2.39 bits per heavy atom. The van der Waals surface area contributed by atoms with Crippen LogP contribution in [0.25, 0.3) is 0 Å². The summed E-state index contributed by atoms with van der Waals surface area (Å²) < 4.78 is 0. The molecule has 1 heterocycles. The molecule has 0 spiro atoms. The van der Waals surface area contributed by atoms with Gasteiger partial charge < -0.3 is 15.7 Å². The van der Waals surface area contributed by atoms with Crippen LogP contribution in [-0.2, 0) is 0 Å². The van der Waals surface area contributed by atoms with E-state index in [1.807, 2.05) is 12.1 Å². The molecule has 1 aliphatic heterocycles. The van der Waals surface area contributed by atoms with Crippen LogP contribution >= 0.6 is 0 Å².